The molecule has 5 nitrogen and oxygen atoms in total. The molecule has 5 heteroatoms. The van der Waals surface area contributed by atoms with Crippen LogP contribution in [0.2, 0.25) is 0 Å². The van der Waals surface area contributed by atoms with E-state index < -0.39 is 12.1 Å². The van der Waals surface area contributed by atoms with E-state index in [0.717, 1.165) is 30.4 Å². The number of carbonyl (C=O) groups excluding carboxylic acids is 1. The molecule has 0 bridgehead atoms. The molecule has 2 N–H and O–H groups in total. The van der Waals surface area contributed by atoms with Gasteiger partial charge in [-0.25, -0.2) is 0 Å². The van der Waals surface area contributed by atoms with Crippen molar-refractivity contribution in [1.82, 2.24) is 5.32 Å². The number of rotatable bonds is 5. The van der Waals surface area contributed by atoms with E-state index in [1.165, 1.54) is 0 Å². The van der Waals surface area contributed by atoms with Gasteiger partial charge in [-0.15, -0.1) is 0 Å². The van der Waals surface area contributed by atoms with Crippen LogP contribution in [0.4, 0.5) is 0 Å². The van der Waals surface area contributed by atoms with Gasteiger partial charge < -0.3 is 15.2 Å². The van der Waals surface area contributed by atoms with Crippen molar-refractivity contribution in [2.75, 3.05) is 6.61 Å². The van der Waals surface area contributed by atoms with E-state index >= 15 is 0 Å². The number of aliphatic carboxylic acids is 1. The number of fused-ring (bicyclic) bond motifs is 1. The van der Waals surface area contributed by atoms with Crippen molar-refractivity contribution < 1.29 is 19.4 Å². The van der Waals surface area contributed by atoms with Crippen LogP contribution in [0.25, 0.3) is 0 Å². The van der Waals surface area contributed by atoms with Crippen LogP contribution >= 0.6 is 0 Å². The molecule has 2 atom stereocenters. The highest BCUT2D eigenvalue weighted by atomic mass is 16.5. The number of carbonyl (C=O) groups is 2. The molecule has 2 unspecified atom stereocenters. The molecule has 21 heavy (non-hydrogen) atoms. The van der Waals surface area contributed by atoms with Gasteiger partial charge in [0.2, 0.25) is 0 Å². The van der Waals surface area contributed by atoms with Crippen LogP contribution in [0, 0.1) is 5.92 Å². The summed E-state index contributed by atoms with van der Waals surface area (Å²) in [6.07, 6.45) is 2.14. The van der Waals surface area contributed by atoms with Gasteiger partial charge in [-0.1, -0.05) is 24.3 Å². The van der Waals surface area contributed by atoms with Gasteiger partial charge in [-0.2, -0.15) is 0 Å². The van der Waals surface area contributed by atoms with Gasteiger partial charge in [-0.05, 0) is 36.3 Å². The van der Waals surface area contributed by atoms with Gasteiger partial charge in [0.1, 0.15) is 0 Å². The maximum Gasteiger partial charge on any atom is 0.305 e. The first-order valence-corrected chi connectivity index (χ1v) is 7.36. The van der Waals surface area contributed by atoms with Crippen molar-refractivity contribution in [3.8, 4) is 0 Å². The molecule has 1 amide bonds. The molecule has 1 saturated carbocycles. The van der Waals surface area contributed by atoms with Gasteiger partial charge in [0.05, 0.1) is 13.0 Å². The predicted octanol–water partition coefficient (Wildman–Crippen LogP) is 1.67. The summed E-state index contributed by atoms with van der Waals surface area (Å²) in [7, 11) is 0. The monoisotopic (exact) mass is 289 g/mol. The number of ether oxygens (including phenoxy) is 1. The zero-order valence-corrected chi connectivity index (χ0v) is 11.7. The number of carboxylic acid groups (broad SMARTS) is 1. The maximum atomic E-state index is 12.5. The normalized spacial score (nSPS) is 22.2. The number of hydrogen-bond acceptors (Lipinski definition) is 3. The third-order valence-corrected chi connectivity index (χ3v) is 4.14. The smallest absolute Gasteiger partial charge is 0.305 e. The van der Waals surface area contributed by atoms with Gasteiger partial charge in [-0.3, -0.25) is 9.59 Å². The Kier molecular flexibility index (Phi) is 3.92. The van der Waals surface area contributed by atoms with Crippen LogP contribution in [-0.2, 0) is 20.7 Å². The minimum absolute atomic E-state index is 0.0230. The van der Waals surface area contributed by atoms with E-state index in [4.69, 9.17) is 9.84 Å². The fourth-order valence-electron chi connectivity index (χ4n) is 2.89. The van der Waals surface area contributed by atoms with E-state index in [2.05, 4.69) is 5.32 Å². The first-order chi connectivity index (χ1) is 10.1. The molecule has 1 aromatic rings. The Bertz CT molecular complexity index is 553. The third-order valence-electron chi connectivity index (χ3n) is 4.14. The van der Waals surface area contributed by atoms with Crippen molar-refractivity contribution in [3.05, 3.63) is 35.4 Å². The number of benzene rings is 1. The van der Waals surface area contributed by atoms with Crippen LogP contribution in [0.3, 0.4) is 0 Å². The summed E-state index contributed by atoms with van der Waals surface area (Å²) in [5.41, 5.74) is 2.02. The first-order valence-electron chi connectivity index (χ1n) is 7.36. The molecule has 112 valence electrons. The van der Waals surface area contributed by atoms with E-state index in [0.29, 0.717) is 12.5 Å². The lowest BCUT2D eigenvalue weighted by Crippen LogP contribution is -2.42. The number of carboxylic acids is 1. The standard InChI is InChI=1S/C16H19NO4/c18-14(19)9-13(11-5-6-11)17-16(20)15-12-4-2-1-3-10(12)7-8-21-15/h1-4,11,13,15H,5-9H2,(H,17,20)(H,18,19). The number of nitrogens with one attached hydrogen (secondary N) is 1. The molecule has 1 fully saturated rings. The number of amides is 1. The Morgan fingerprint density at radius 1 is 1.33 bits per heavy atom. The Hall–Kier alpha value is -1.88. The SMILES string of the molecule is O=C(O)CC(NC(=O)C1OCCc2ccccc21)C1CC1. The lowest BCUT2D eigenvalue weighted by Gasteiger charge is -2.27. The molecule has 1 aliphatic carbocycles. The summed E-state index contributed by atoms with van der Waals surface area (Å²) in [5.74, 6) is -0.804. The molecule has 3 rings (SSSR count). The van der Waals surface area contributed by atoms with Crippen LogP contribution < -0.4 is 5.32 Å². The minimum Gasteiger partial charge on any atom is -0.481 e. The molecule has 1 heterocycles. The second kappa shape index (κ2) is 5.85. The van der Waals surface area contributed by atoms with Crippen molar-refractivity contribution in [2.24, 2.45) is 5.92 Å². The average molecular weight is 289 g/mol. The fraction of sp³-hybridized carbons (Fsp3) is 0.500. The first kappa shape index (κ1) is 14.1. The van der Waals surface area contributed by atoms with E-state index in [-0.39, 0.29) is 18.4 Å². The van der Waals surface area contributed by atoms with Crippen molar-refractivity contribution in [1.29, 1.82) is 0 Å². The van der Waals surface area contributed by atoms with Crippen LogP contribution in [0.5, 0.6) is 0 Å². The highest BCUT2D eigenvalue weighted by Crippen LogP contribution is 2.35. The van der Waals surface area contributed by atoms with Crippen LogP contribution in [-0.4, -0.2) is 29.6 Å². The van der Waals surface area contributed by atoms with E-state index in [9.17, 15) is 9.59 Å². The molecule has 0 radical (unpaired) electrons. The van der Waals surface area contributed by atoms with Crippen molar-refractivity contribution in [2.45, 2.75) is 37.8 Å². The van der Waals surface area contributed by atoms with E-state index in [1.54, 1.807) is 0 Å². The van der Waals surface area contributed by atoms with Gasteiger partial charge in [0, 0.05) is 6.04 Å². The molecule has 1 aliphatic heterocycles. The highest BCUT2D eigenvalue weighted by molar-refractivity contribution is 5.83. The number of hydrogen-bond donors (Lipinski definition) is 2. The summed E-state index contributed by atoms with van der Waals surface area (Å²) in [6, 6.07) is 7.48. The minimum atomic E-state index is -0.878. The lowest BCUT2D eigenvalue weighted by atomic mass is 9.96. The Morgan fingerprint density at radius 3 is 2.81 bits per heavy atom. The molecule has 1 aromatic carbocycles. The summed E-state index contributed by atoms with van der Waals surface area (Å²) >= 11 is 0. The quantitative estimate of drug-likeness (QED) is 0.864. The lowest BCUT2D eigenvalue weighted by molar-refractivity contribution is -0.139. The molecule has 0 saturated heterocycles. The zero-order valence-electron chi connectivity index (χ0n) is 11.7. The summed E-state index contributed by atoms with van der Waals surface area (Å²) < 4.78 is 5.61. The van der Waals surface area contributed by atoms with Crippen LogP contribution in [0.15, 0.2) is 24.3 Å². The Labute approximate surface area is 123 Å². The molecule has 0 aromatic heterocycles. The topological polar surface area (TPSA) is 75.6 Å². The molecular weight excluding hydrogens is 270 g/mol. The van der Waals surface area contributed by atoms with Gasteiger partial charge >= 0.3 is 5.97 Å². The van der Waals surface area contributed by atoms with Gasteiger partial charge in [0.15, 0.2) is 6.10 Å². The average Bonchev–Trinajstić information content (AvgIpc) is 3.30. The second-order valence-corrected chi connectivity index (χ2v) is 5.75. The largest absolute Gasteiger partial charge is 0.481 e. The van der Waals surface area contributed by atoms with Crippen LogP contribution in [0.1, 0.15) is 36.5 Å². The predicted molar refractivity (Wildman–Crippen MR) is 75.7 cm³/mol. The van der Waals surface area contributed by atoms with Gasteiger partial charge in [0.25, 0.3) is 5.91 Å². The van der Waals surface area contributed by atoms with E-state index in [1.807, 2.05) is 24.3 Å². The Morgan fingerprint density at radius 2 is 2.10 bits per heavy atom. The molecular formula is C16H19NO4. The summed E-state index contributed by atoms with van der Waals surface area (Å²) in [5, 5.41) is 11.8. The Balaban J connectivity index is 1.72. The summed E-state index contributed by atoms with van der Waals surface area (Å²) in [6.45, 7) is 0.516. The summed E-state index contributed by atoms with van der Waals surface area (Å²) in [4.78, 5) is 23.4. The maximum absolute atomic E-state index is 12.5. The zero-order chi connectivity index (χ0) is 14.8. The van der Waals surface area contributed by atoms with Crippen molar-refractivity contribution >= 4 is 11.9 Å². The highest BCUT2D eigenvalue weighted by Gasteiger charge is 2.36. The third kappa shape index (κ3) is 3.24. The second-order valence-electron chi connectivity index (χ2n) is 5.75. The van der Waals surface area contributed by atoms with Crippen molar-refractivity contribution in [3.63, 3.8) is 0 Å². The molecule has 0 spiro atoms. The fourth-order valence-corrected chi connectivity index (χ4v) is 2.89. The molecule has 2 aliphatic rings.